The number of amidine groups is 1. The Hall–Kier alpha value is -3.52. The van der Waals surface area contributed by atoms with Crippen molar-refractivity contribution in [2.45, 2.75) is 50.5 Å². The largest absolute Gasteiger partial charge is 0.433 e. The van der Waals surface area contributed by atoms with E-state index in [-0.39, 0.29) is 23.6 Å². The van der Waals surface area contributed by atoms with E-state index in [0.717, 1.165) is 18.3 Å². The van der Waals surface area contributed by atoms with Crippen LogP contribution in [0.2, 0.25) is 0 Å². The van der Waals surface area contributed by atoms with E-state index in [1.807, 2.05) is 0 Å². The van der Waals surface area contributed by atoms with Crippen LogP contribution in [-0.4, -0.2) is 40.6 Å². The van der Waals surface area contributed by atoms with E-state index in [1.54, 1.807) is 0 Å². The van der Waals surface area contributed by atoms with Crippen LogP contribution in [0.15, 0.2) is 57.1 Å². The normalized spacial score (nSPS) is 23.1. The fraction of sp³-hybridized carbons (Fsp3) is 0.429. The predicted molar refractivity (Wildman–Crippen MR) is 118 cm³/mol. The summed E-state index contributed by atoms with van der Waals surface area (Å²) in [6.45, 7) is 1.26. The SMILES string of the molecule is CC1C(C(F)(F)F)=NC=CC1N=C(N)N=C(NNc1cccc(C(F)(F)F)n1)C1=CCC(F)(F)CC1. The van der Waals surface area contributed by atoms with E-state index in [9.17, 15) is 35.1 Å². The van der Waals surface area contributed by atoms with Gasteiger partial charge in [0.1, 0.15) is 17.2 Å². The van der Waals surface area contributed by atoms with Crippen LogP contribution in [0.4, 0.5) is 40.9 Å². The predicted octanol–water partition coefficient (Wildman–Crippen LogP) is 5.01. The van der Waals surface area contributed by atoms with E-state index in [1.165, 1.54) is 25.1 Å². The molecule has 3 rings (SSSR count). The van der Waals surface area contributed by atoms with Crippen LogP contribution in [0.1, 0.15) is 31.9 Å². The number of nitrogens with zero attached hydrogens (tertiary/aromatic N) is 4. The van der Waals surface area contributed by atoms with Crippen LogP contribution in [0.3, 0.4) is 0 Å². The number of aromatic nitrogens is 1. The summed E-state index contributed by atoms with van der Waals surface area (Å²) < 4.78 is 105. The molecule has 1 aliphatic carbocycles. The van der Waals surface area contributed by atoms with Gasteiger partial charge < -0.3 is 5.73 Å². The molecule has 15 heteroatoms. The molecule has 0 saturated carbocycles. The summed E-state index contributed by atoms with van der Waals surface area (Å²) in [5.74, 6) is -5.02. The summed E-state index contributed by atoms with van der Waals surface area (Å²) in [5.41, 5.74) is 8.76. The molecule has 0 spiro atoms. The molecule has 2 atom stereocenters. The highest BCUT2D eigenvalue weighted by Gasteiger charge is 2.42. The molecule has 0 fully saturated rings. The maximum atomic E-state index is 13.6. The van der Waals surface area contributed by atoms with Gasteiger partial charge in [0, 0.05) is 25.0 Å². The van der Waals surface area contributed by atoms with Crippen molar-refractivity contribution < 1.29 is 35.1 Å². The molecule has 1 aromatic rings. The number of hydrogen-bond donors (Lipinski definition) is 3. The molecule has 2 heterocycles. The van der Waals surface area contributed by atoms with Crippen molar-refractivity contribution in [3.05, 3.63) is 47.8 Å². The van der Waals surface area contributed by atoms with Gasteiger partial charge in [0.05, 0.1) is 6.04 Å². The van der Waals surface area contributed by atoms with Crippen LogP contribution in [0.25, 0.3) is 0 Å². The summed E-state index contributed by atoms with van der Waals surface area (Å²) >= 11 is 0. The highest BCUT2D eigenvalue weighted by atomic mass is 19.4. The average Bonchev–Trinajstić information content (AvgIpc) is 2.77. The van der Waals surface area contributed by atoms with Crippen LogP contribution in [-0.2, 0) is 6.18 Å². The van der Waals surface area contributed by atoms with Crippen molar-refractivity contribution >= 4 is 23.3 Å². The third kappa shape index (κ3) is 7.01. The zero-order valence-electron chi connectivity index (χ0n) is 18.6. The number of aliphatic imine (C=N–C) groups is 3. The smallest absolute Gasteiger partial charge is 0.368 e. The Labute approximate surface area is 200 Å². The Balaban J connectivity index is 1.86. The van der Waals surface area contributed by atoms with Crippen molar-refractivity contribution in [2.24, 2.45) is 26.6 Å². The van der Waals surface area contributed by atoms with E-state index in [4.69, 9.17) is 5.73 Å². The molecule has 196 valence electrons. The molecular weight excluding hydrogens is 502 g/mol. The van der Waals surface area contributed by atoms with Crippen molar-refractivity contribution in [2.75, 3.05) is 5.43 Å². The number of halogens is 8. The molecule has 7 nitrogen and oxygen atoms in total. The summed E-state index contributed by atoms with van der Waals surface area (Å²) in [4.78, 5) is 14.7. The van der Waals surface area contributed by atoms with Gasteiger partial charge in [-0.1, -0.05) is 19.1 Å². The molecule has 1 aromatic heterocycles. The fourth-order valence-electron chi connectivity index (χ4n) is 3.41. The highest BCUT2D eigenvalue weighted by molar-refractivity contribution is 6.05. The van der Waals surface area contributed by atoms with Gasteiger partial charge in [-0.3, -0.25) is 15.8 Å². The van der Waals surface area contributed by atoms with Gasteiger partial charge >= 0.3 is 12.4 Å². The van der Waals surface area contributed by atoms with E-state index < -0.39 is 60.4 Å². The zero-order chi connectivity index (χ0) is 26.7. The van der Waals surface area contributed by atoms with Gasteiger partial charge in [-0.2, -0.15) is 31.3 Å². The minimum absolute atomic E-state index is 0.150. The number of allylic oxidation sites excluding steroid dienone is 1. The van der Waals surface area contributed by atoms with E-state index in [2.05, 4.69) is 30.8 Å². The number of guanidine groups is 1. The number of anilines is 1. The second-order valence-electron chi connectivity index (χ2n) is 8.03. The molecule has 0 radical (unpaired) electrons. The Morgan fingerprint density at radius 1 is 1.14 bits per heavy atom. The number of pyridine rings is 1. The summed E-state index contributed by atoms with van der Waals surface area (Å²) in [5, 5.41) is 0. The zero-order valence-corrected chi connectivity index (χ0v) is 18.6. The topological polar surface area (TPSA) is 100 Å². The van der Waals surface area contributed by atoms with Gasteiger partial charge in [0.15, 0.2) is 5.84 Å². The lowest BCUT2D eigenvalue weighted by atomic mass is 9.94. The first kappa shape index (κ1) is 27.1. The van der Waals surface area contributed by atoms with Crippen molar-refractivity contribution in [3.63, 3.8) is 0 Å². The molecule has 0 aromatic carbocycles. The average molecular weight is 523 g/mol. The highest BCUT2D eigenvalue weighted by Crippen LogP contribution is 2.33. The lowest BCUT2D eigenvalue weighted by Crippen LogP contribution is -2.37. The number of rotatable bonds is 4. The van der Waals surface area contributed by atoms with Gasteiger partial charge in [0.2, 0.25) is 5.96 Å². The van der Waals surface area contributed by atoms with E-state index in [0.29, 0.717) is 0 Å². The molecule has 2 aliphatic rings. The molecule has 0 amide bonds. The Morgan fingerprint density at radius 3 is 2.47 bits per heavy atom. The van der Waals surface area contributed by atoms with Crippen LogP contribution >= 0.6 is 0 Å². The lowest BCUT2D eigenvalue weighted by molar-refractivity contribution is -0.141. The Morgan fingerprint density at radius 2 is 1.86 bits per heavy atom. The maximum Gasteiger partial charge on any atom is 0.433 e. The molecule has 0 bridgehead atoms. The molecule has 1 aliphatic heterocycles. The second kappa shape index (κ2) is 10.2. The Kier molecular flexibility index (Phi) is 7.69. The van der Waals surface area contributed by atoms with Gasteiger partial charge in [-0.05, 0) is 30.2 Å². The van der Waals surface area contributed by atoms with Crippen molar-refractivity contribution in [3.8, 4) is 0 Å². The second-order valence-corrected chi connectivity index (χ2v) is 8.03. The van der Waals surface area contributed by atoms with Gasteiger partial charge in [-0.25, -0.2) is 18.8 Å². The number of hydrazine groups is 1. The first-order valence-corrected chi connectivity index (χ1v) is 10.5. The number of alkyl halides is 8. The van der Waals surface area contributed by atoms with Crippen molar-refractivity contribution in [1.82, 2.24) is 10.4 Å². The number of hydrogen-bond acceptors (Lipinski definition) is 4. The minimum Gasteiger partial charge on any atom is -0.368 e. The molecular formula is C21H21F8N7. The first-order chi connectivity index (χ1) is 16.7. The summed E-state index contributed by atoms with van der Waals surface area (Å²) in [6.07, 6.45) is -7.26. The van der Waals surface area contributed by atoms with Crippen LogP contribution < -0.4 is 16.6 Å². The summed E-state index contributed by atoms with van der Waals surface area (Å²) in [7, 11) is 0. The van der Waals surface area contributed by atoms with E-state index >= 15 is 0 Å². The maximum absolute atomic E-state index is 13.6. The quantitative estimate of drug-likeness (QED) is 0.224. The first-order valence-electron chi connectivity index (χ1n) is 10.5. The lowest BCUT2D eigenvalue weighted by Gasteiger charge is -2.24. The fourth-order valence-corrected chi connectivity index (χ4v) is 3.41. The monoisotopic (exact) mass is 523 g/mol. The third-order valence-electron chi connectivity index (χ3n) is 5.30. The van der Waals surface area contributed by atoms with Crippen LogP contribution in [0.5, 0.6) is 0 Å². The molecule has 36 heavy (non-hydrogen) atoms. The summed E-state index contributed by atoms with van der Waals surface area (Å²) in [6, 6.07) is 2.01. The number of nitrogens with two attached hydrogens (primary N) is 1. The molecule has 2 unspecified atom stereocenters. The number of nitrogens with one attached hydrogen (secondary N) is 2. The van der Waals surface area contributed by atoms with Gasteiger partial charge in [0.25, 0.3) is 5.92 Å². The standard InChI is InChI=1S/C21H21F8N7/c1-11-13(7-10-31-16(11)21(27,28)29)32-18(30)34-17(12-5-8-19(22,23)9-6-12)36-35-15-4-2-3-14(33-15)20(24,25)26/h2-5,7,10-11,13H,6,8-9H2,1H3,(H,33,35)(H3,30,32,34,36). The third-order valence-corrected chi connectivity index (χ3v) is 5.30. The molecule has 0 saturated heterocycles. The van der Waals surface area contributed by atoms with Crippen LogP contribution in [0, 0.1) is 5.92 Å². The minimum atomic E-state index is -4.70. The van der Waals surface area contributed by atoms with Crippen molar-refractivity contribution in [1.29, 1.82) is 0 Å². The van der Waals surface area contributed by atoms with Gasteiger partial charge in [-0.15, -0.1) is 0 Å². The Bertz CT molecular complexity index is 1120. The molecule has 4 N–H and O–H groups in total.